The third-order valence-electron chi connectivity index (χ3n) is 7.45. The summed E-state index contributed by atoms with van der Waals surface area (Å²) in [7, 11) is 1.56. The highest BCUT2D eigenvalue weighted by Crippen LogP contribution is 2.47. The number of para-hydroxylation sites is 1. The second-order valence-corrected chi connectivity index (χ2v) is 9.54. The Morgan fingerprint density at radius 3 is 2.26 bits per heavy atom. The highest BCUT2D eigenvalue weighted by molar-refractivity contribution is 6.02. The van der Waals surface area contributed by atoms with Crippen molar-refractivity contribution in [3.05, 3.63) is 77.4 Å². The second kappa shape index (κ2) is 10.0. The molecule has 184 valence electrons. The summed E-state index contributed by atoms with van der Waals surface area (Å²) in [5.41, 5.74) is 3.29. The Hall–Kier alpha value is -3.45. The van der Waals surface area contributed by atoms with Crippen LogP contribution in [0.4, 0.5) is 5.69 Å². The average molecular weight is 476 g/mol. The molecule has 2 aromatic rings. The van der Waals surface area contributed by atoms with E-state index in [9.17, 15) is 19.5 Å². The number of carbonyl (C=O) groups excluding carboxylic acids is 3. The van der Waals surface area contributed by atoms with Crippen molar-refractivity contribution < 1.29 is 19.5 Å². The van der Waals surface area contributed by atoms with Crippen LogP contribution in [0.2, 0.25) is 0 Å². The van der Waals surface area contributed by atoms with Gasteiger partial charge in [-0.15, -0.1) is 0 Å². The number of amides is 3. The van der Waals surface area contributed by atoms with E-state index in [1.807, 2.05) is 81.5 Å². The molecule has 0 aromatic heterocycles. The van der Waals surface area contributed by atoms with Gasteiger partial charge in [-0.1, -0.05) is 67.6 Å². The minimum atomic E-state index is -0.875. The molecule has 1 fully saturated rings. The van der Waals surface area contributed by atoms with Gasteiger partial charge in [-0.25, -0.2) is 0 Å². The van der Waals surface area contributed by atoms with E-state index in [0.29, 0.717) is 5.69 Å². The molecule has 0 spiro atoms. The summed E-state index contributed by atoms with van der Waals surface area (Å²) < 4.78 is 0. The number of nitrogens with one attached hydrogen (secondary N) is 2. The molecule has 1 aliphatic carbocycles. The molecule has 35 heavy (non-hydrogen) atoms. The van der Waals surface area contributed by atoms with Gasteiger partial charge in [-0.3, -0.25) is 14.4 Å². The molecular weight excluding hydrogens is 442 g/mol. The first kappa shape index (κ1) is 24.7. The van der Waals surface area contributed by atoms with E-state index in [4.69, 9.17) is 0 Å². The predicted molar refractivity (Wildman–Crippen MR) is 134 cm³/mol. The summed E-state index contributed by atoms with van der Waals surface area (Å²) in [5.74, 6) is -2.78. The number of nitrogens with zero attached hydrogens (tertiary/aromatic N) is 1. The zero-order valence-electron chi connectivity index (χ0n) is 20.6. The van der Waals surface area contributed by atoms with Crippen molar-refractivity contribution in [3.8, 4) is 0 Å². The van der Waals surface area contributed by atoms with Crippen LogP contribution in [0.3, 0.4) is 0 Å². The van der Waals surface area contributed by atoms with E-state index in [1.165, 1.54) is 4.90 Å². The Bertz CT molecular complexity index is 1130. The fourth-order valence-corrected chi connectivity index (χ4v) is 5.68. The lowest BCUT2D eigenvalue weighted by Crippen LogP contribution is -2.47. The van der Waals surface area contributed by atoms with Gasteiger partial charge < -0.3 is 20.6 Å². The van der Waals surface area contributed by atoms with Crippen LogP contribution in [0.5, 0.6) is 0 Å². The number of aryl methyl sites for hydroxylation is 2. The number of rotatable bonds is 6. The normalized spacial score (nSPS) is 26.3. The van der Waals surface area contributed by atoms with Gasteiger partial charge in [-0.2, -0.15) is 0 Å². The molecule has 3 amide bonds. The molecule has 0 bridgehead atoms. The standard InChI is InChI=1S/C28H33N3O4/c1-16-13-14-20-23(22(16)26(33)29-4)28(35)31(21(15-32)19-11-6-5-7-12-19)25(20)27(34)30-24-17(2)9-8-10-18(24)3/h5-14,16,20-23,25,32H,15H2,1-4H3,(H,29,33)(H,30,34)/t16-,20+,21-,22-,23-,25+/m1/s1. The number of likely N-dealkylation sites (tertiary alicyclic amines) is 1. The van der Waals surface area contributed by atoms with Gasteiger partial charge in [0, 0.05) is 18.7 Å². The van der Waals surface area contributed by atoms with E-state index in [2.05, 4.69) is 10.6 Å². The lowest BCUT2D eigenvalue weighted by Gasteiger charge is -2.34. The van der Waals surface area contributed by atoms with Crippen LogP contribution in [0.1, 0.15) is 29.7 Å². The minimum Gasteiger partial charge on any atom is -0.394 e. The summed E-state index contributed by atoms with van der Waals surface area (Å²) in [6.07, 6.45) is 3.83. The highest BCUT2D eigenvalue weighted by atomic mass is 16.3. The summed E-state index contributed by atoms with van der Waals surface area (Å²) in [6.45, 7) is 5.42. The number of allylic oxidation sites excluding steroid dienone is 1. The van der Waals surface area contributed by atoms with Gasteiger partial charge in [0.1, 0.15) is 6.04 Å². The van der Waals surface area contributed by atoms with Crippen molar-refractivity contribution in [2.75, 3.05) is 19.0 Å². The molecule has 4 rings (SSSR count). The molecule has 0 saturated carbocycles. The number of anilines is 1. The van der Waals surface area contributed by atoms with Crippen molar-refractivity contribution in [3.63, 3.8) is 0 Å². The maximum absolute atomic E-state index is 14.0. The van der Waals surface area contributed by atoms with Crippen LogP contribution in [0.25, 0.3) is 0 Å². The fourth-order valence-electron chi connectivity index (χ4n) is 5.68. The quantitative estimate of drug-likeness (QED) is 0.560. The maximum Gasteiger partial charge on any atom is 0.247 e. The summed E-state index contributed by atoms with van der Waals surface area (Å²) in [6, 6.07) is 13.4. The Kier molecular flexibility index (Phi) is 7.08. The number of hydrogen-bond acceptors (Lipinski definition) is 4. The number of aliphatic hydroxyl groups excluding tert-OH is 1. The van der Waals surface area contributed by atoms with Crippen LogP contribution < -0.4 is 10.6 Å². The molecule has 0 radical (unpaired) electrons. The number of carbonyl (C=O) groups is 3. The molecule has 7 nitrogen and oxygen atoms in total. The zero-order chi connectivity index (χ0) is 25.3. The Balaban J connectivity index is 1.81. The lowest BCUT2D eigenvalue weighted by atomic mass is 9.70. The van der Waals surface area contributed by atoms with Crippen LogP contribution >= 0.6 is 0 Å². The third-order valence-corrected chi connectivity index (χ3v) is 7.45. The fraction of sp³-hybridized carbons (Fsp3) is 0.393. The number of benzene rings is 2. The van der Waals surface area contributed by atoms with E-state index < -0.39 is 29.8 Å². The monoisotopic (exact) mass is 475 g/mol. The Morgan fingerprint density at radius 1 is 1.00 bits per heavy atom. The summed E-state index contributed by atoms with van der Waals surface area (Å²) >= 11 is 0. The van der Waals surface area contributed by atoms with E-state index in [0.717, 1.165) is 16.7 Å². The second-order valence-electron chi connectivity index (χ2n) is 9.54. The highest BCUT2D eigenvalue weighted by Gasteiger charge is 2.58. The zero-order valence-corrected chi connectivity index (χ0v) is 20.6. The van der Waals surface area contributed by atoms with Gasteiger partial charge in [0.25, 0.3) is 0 Å². The van der Waals surface area contributed by atoms with Crippen LogP contribution in [-0.4, -0.2) is 47.4 Å². The molecule has 3 N–H and O–H groups in total. The lowest BCUT2D eigenvalue weighted by molar-refractivity contribution is -0.142. The van der Waals surface area contributed by atoms with Crippen molar-refractivity contribution in [1.29, 1.82) is 0 Å². The van der Waals surface area contributed by atoms with E-state index in [1.54, 1.807) is 7.05 Å². The Morgan fingerprint density at radius 2 is 1.66 bits per heavy atom. The minimum absolute atomic E-state index is 0.160. The number of fused-ring (bicyclic) bond motifs is 1. The Labute approximate surface area is 206 Å². The van der Waals surface area contributed by atoms with E-state index >= 15 is 0 Å². The van der Waals surface area contributed by atoms with Gasteiger partial charge in [0.2, 0.25) is 17.7 Å². The summed E-state index contributed by atoms with van der Waals surface area (Å²) in [4.78, 5) is 42.3. The van der Waals surface area contributed by atoms with Crippen LogP contribution in [0.15, 0.2) is 60.7 Å². The summed E-state index contributed by atoms with van der Waals surface area (Å²) in [5, 5.41) is 16.2. The molecule has 7 heteroatoms. The molecule has 1 aliphatic heterocycles. The molecule has 2 aromatic carbocycles. The van der Waals surface area contributed by atoms with Crippen molar-refractivity contribution in [2.24, 2.45) is 23.7 Å². The molecule has 1 saturated heterocycles. The first-order chi connectivity index (χ1) is 16.8. The van der Waals surface area contributed by atoms with Gasteiger partial charge in [-0.05, 0) is 36.5 Å². The first-order valence-corrected chi connectivity index (χ1v) is 12.0. The molecule has 6 atom stereocenters. The molecule has 2 aliphatic rings. The topological polar surface area (TPSA) is 98.7 Å². The van der Waals surface area contributed by atoms with E-state index in [-0.39, 0.29) is 30.2 Å². The number of hydrogen-bond donors (Lipinski definition) is 3. The van der Waals surface area contributed by atoms with Crippen LogP contribution in [-0.2, 0) is 14.4 Å². The molecule has 0 unspecified atom stereocenters. The van der Waals surface area contributed by atoms with Gasteiger partial charge in [0.05, 0.1) is 24.5 Å². The average Bonchev–Trinajstić information content (AvgIpc) is 3.14. The maximum atomic E-state index is 14.0. The van der Waals surface area contributed by atoms with Gasteiger partial charge >= 0.3 is 0 Å². The number of aliphatic hydroxyl groups is 1. The van der Waals surface area contributed by atoms with Crippen molar-refractivity contribution in [1.82, 2.24) is 10.2 Å². The third kappa shape index (κ3) is 4.36. The predicted octanol–water partition coefficient (Wildman–Crippen LogP) is 2.99. The molecular formula is C28H33N3O4. The van der Waals surface area contributed by atoms with Crippen molar-refractivity contribution >= 4 is 23.4 Å². The molecule has 1 heterocycles. The van der Waals surface area contributed by atoms with Gasteiger partial charge in [0.15, 0.2) is 0 Å². The van der Waals surface area contributed by atoms with Crippen LogP contribution in [0, 0.1) is 37.5 Å². The smallest absolute Gasteiger partial charge is 0.247 e. The first-order valence-electron chi connectivity index (χ1n) is 12.0. The SMILES string of the molecule is CNC(=O)[C@H]1[C@@H]2C(=O)N([C@H](CO)c3ccccc3)[C@H](C(=O)Nc3c(C)cccc3C)[C@H]2C=C[C@H]1C. The van der Waals surface area contributed by atoms with Crippen molar-refractivity contribution in [2.45, 2.75) is 32.9 Å². The largest absolute Gasteiger partial charge is 0.394 e.